The van der Waals surface area contributed by atoms with Crippen LogP contribution in [0.1, 0.15) is 9.67 Å². The number of amides is 1. The minimum Gasteiger partial charge on any atom is -0.378 e. The first kappa shape index (κ1) is 14.9. The Morgan fingerprint density at radius 3 is 2.68 bits per heavy atom. The molecule has 1 aliphatic heterocycles. The third-order valence-corrected chi connectivity index (χ3v) is 6.45. The fourth-order valence-electron chi connectivity index (χ4n) is 1.60. The van der Waals surface area contributed by atoms with E-state index in [1.165, 1.54) is 11.0 Å². The van der Waals surface area contributed by atoms with Crippen molar-refractivity contribution in [1.82, 2.24) is 9.79 Å². The van der Waals surface area contributed by atoms with Crippen molar-refractivity contribution < 1.29 is 23.2 Å². The molecule has 10 heteroatoms. The lowest BCUT2D eigenvalue weighted by molar-refractivity contribution is 0.0306. The predicted octanol–water partition coefficient (Wildman–Crippen LogP) is 0.651. The van der Waals surface area contributed by atoms with Gasteiger partial charge < -0.3 is 14.8 Å². The van der Waals surface area contributed by atoms with Crippen molar-refractivity contribution in [3.8, 4) is 0 Å². The van der Waals surface area contributed by atoms with Gasteiger partial charge in [-0.05, 0) is 22.0 Å². The molecule has 1 aromatic rings. The lowest BCUT2D eigenvalue weighted by atomic mass is 10.3. The third kappa shape index (κ3) is 3.15. The molecule has 0 radical (unpaired) electrons. The average Bonchev–Trinajstić information content (AvgIpc) is 2.82. The van der Waals surface area contributed by atoms with E-state index in [0.29, 0.717) is 31.2 Å². The van der Waals surface area contributed by atoms with E-state index in [0.717, 1.165) is 11.3 Å². The van der Waals surface area contributed by atoms with E-state index in [9.17, 15) is 13.2 Å². The maximum Gasteiger partial charge on any atom is 0.272 e. The summed E-state index contributed by atoms with van der Waals surface area (Å²) in [7, 11) is -3.99. The van der Waals surface area contributed by atoms with Crippen LogP contribution in [-0.2, 0) is 14.8 Å². The summed E-state index contributed by atoms with van der Waals surface area (Å²) >= 11 is 3.87. The van der Waals surface area contributed by atoms with Crippen LogP contribution in [0, 0.1) is 0 Å². The summed E-state index contributed by atoms with van der Waals surface area (Å²) in [4.78, 5) is 15.3. The molecule has 0 aromatic carbocycles. The quantitative estimate of drug-likeness (QED) is 0.761. The van der Waals surface area contributed by atoms with E-state index in [-0.39, 0.29) is 14.6 Å². The molecular weight excluding hydrogens is 360 g/mol. The van der Waals surface area contributed by atoms with E-state index >= 15 is 0 Å². The van der Waals surface area contributed by atoms with E-state index in [2.05, 4.69) is 15.9 Å². The Morgan fingerprint density at radius 2 is 2.11 bits per heavy atom. The smallest absolute Gasteiger partial charge is 0.272 e. The van der Waals surface area contributed by atoms with Gasteiger partial charge in [-0.3, -0.25) is 4.79 Å². The summed E-state index contributed by atoms with van der Waals surface area (Å²) in [6.45, 7) is 1.91. The molecule has 0 atom stereocenters. The third-order valence-electron chi connectivity index (χ3n) is 2.53. The maximum absolute atomic E-state index is 12.2. The molecule has 0 aliphatic carbocycles. The Morgan fingerprint density at radius 1 is 1.47 bits per heavy atom. The number of hydrogen-bond acceptors (Lipinski definition) is 6. The van der Waals surface area contributed by atoms with Crippen molar-refractivity contribution in [2.24, 2.45) is 0 Å². The Bertz CT molecular complexity index is 579. The van der Waals surface area contributed by atoms with Crippen LogP contribution >= 0.6 is 27.3 Å². The highest BCUT2D eigenvalue weighted by Crippen LogP contribution is 2.32. The van der Waals surface area contributed by atoms with Crippen molar-refractivity contribution in [2.45, 2.75) is 4.21 Å². The monoisotopic (exact) mass is 370 g/mol. The number of morpholine rings is 1. The molecule has 106 valence electrons. The minimum absolute atomic E-state index is 0.133. The summed E-state index contributed by atoms with van der Waals surface area (Å²) in [6, 6.07) is 1.44. The van der Waals surface area contributed by atoms with Gasteiger partial charge in [-0.1, -0.05) is 4.89 Å². The zero-order chi connectivity index (χ0) is 14.0. The Labute approximate surface area is 122 Å². The first-order valence-corrected chi connectivity index (χ1v) is 8.37. The second-order valence-corrected chi connectivity index (χ2v) is 7.51. The van der Waals surface area contributed by atoms with Crippen molar-refractivity contribution in [2.75, 3.05) is 26.3 Å². The molecular formula is C9H11BrN2O5S2. The van der Waals surface area contributed by atoms with Crippen molar-refractivity contribution in [3.63, 3.8) is 0 Å². The van der Waals surface area contributed by atoms with Gasteiger partial charge in [-0.2, -0.15) is 0 Å². The molecule has 0 bridgehead atoms. The second-order valence-electron chi connectivity index (χ2n) is 3.75. The standard InChI is InChI=1S/C9H11BrN2O5S2/c10-6-5-7(18-9(6)19(15,16)11-14)8(13)12-1-3-17-4-2-12/h5,11,14H,1-4H2. The summed E-state index contributed by atoms with van der Waals surface area (Å²) in [5, 5.41) is 8.60. The number of nitrogens with one attached hydrogen (secondary N) is 1. The van der Waals surface area contributed by atoms with Crippen LogP contribution in [0.15, 0.2) is 14.7 Å². The van der Waals surface area contributed by atoms with Gasteiger partial charge in [0.15, 0.2) is 4.21 Å². The van der Waals surface area contributed by atoms with E-state index in [1.807, 2.05) is 0 Å². The highest BCUT2D eigenvalue weighted by atomic mass is 79.9. The zero-order valence-corrected chi connectivity index (χ0v) is 12.8. The summed E-state index contributed by atoms with van der Waals surface area (Å²) in [6.07, 6.45) is 0. The van der Waals surface area contributed by atoms with Crippen LogP contribution in [0.25, 0.3) is 0 Å². The summed E-state index contributed by atoms with van der Waals surface area (Å²) in [5.41, 5.74) is 0. The number of carbonyl (C=O) groups excluding carboxylic acids is 1. The number of thiophene rings is 1. The maximum atomic E-state index is 12.2. The van der Waals surface area contributed by atoms with Gasteiger partial charge in [0.05, 0.1) is 18.1 Å². The number of nitrogens with zero attached hydrogens (tertiary/aromatic N) is 1. The van der Waals surface area contributed by atoms with Crippen LogP contribution in [0.4, 0.5) is 0 Å². The molecule has 1 aromatic heterocycles. The van der Waals surface area contributed by atoms with E-state index in [4.69, 9.17) is 9.94 Å². The molecule has 1 amide bonds. The van der Waals surface area contributed by atoms with Gasteiger partial charge in [0.2, 0.25) is 0 Å². The van der Waals surface area contributed by atoms with Gasteiger partial charge in [-0.15, -0.1) is 11.3 Å². The largest absolute Gasteiger partial charge is 0.378 e. The first-order valence-electron chi connectivity index (χ1n) is 5.28. The molecule has 1 aliphatic rings. The second kappa shape index (κ2) is 5.85. The Balaban J connectivity index is 2.27. The van der Waals surface area contributed by atoms with Crippen LogP contribution in [0.2, 0.25) is 0 Å². The molecule has 2 rings (SSSR count). The number of rotatable bonds is 3. The topological polar surface area (TPSA) is 95.9 Å². The van der Waals surface area contributed by atoms with Crippen molar-refractivity contribution >= 4 is 43.2 Å². The van der Waals surface area contributed by atoms with Crippen LogP contribution in [0.3, 0.4) is 0 Å². The van der Waals surface area contributed by atoms with Gasteiger partial charge in [-0.25, -0.2) is 8.42 Å². The molecule has 1 saturated heterocycles. The fraction of sp³-hybridized carbons (Fsp3) is 0.444. The molecule has 0 unspecified atom stereocenters. The highest BCUT2D eigenvalue weighted by molar-refractivity contribution is 9.10. The van der Waals surface area contributed by atoms with Crippen molar-refractivity contribution in [1.29, 1.82) is 0 Å². The van der Waals surface area contributed by atoms with Gasteiger partial charge in [0.1, 0.15) is 0 Å². The van der Waals surface area contributed by atoms with Crippen LogP contribution in [0.5, 0.6) is 0 Å². The Kier molecular flexibility index (Phi) is 4.58. The van der Waals surface area contributed by atoms with E-state index < -0.39 is 10.0 Å². The Hall–Kier alpha value is -0.520. The highest BCUT2D eigenvalue weighted by Gasteiger charge is 2.26. The molecule has 1 fully saturated rings. The number of carbonyl (C=O) groups is 1. The number of halogens is 1. The summed E-state index contributed by atoms with van der Waals surface area (Å²) in [5.74, 6) is -0.242. The predicted molar refractivity (Wildman–Crippen MR) is 70.8 cm³/mol. The van der Waals surface area contributed by atoms with E-state index in [1.54, 1.807) is 4.90 Å². The fourth-order valence-corrected chi connectivity index (χ4v) is 4.83. The average molecular weight is 371 g/mol. The molecule has 19 heavy (non-hydrogen) atoms. The molecule has 0 spiro atoms. The lowest BCUT2D eigenvalue weighted by Crippen LogP contribution is -2.40. The number of hydrogen-bond donors (Lipinski definition) is 2. The van der Waals surface area contributed by atoms with Gasteiger partial charge >= 0.3 is 0 Å². The first-order chi connectivity index (χ1) is 8.95. The van der Waals surface area contributed by atoms with Crippen LogP contribution in [-0.4, -0.2) is 50.7 Å². The molecule has 2 N–H and O–H groups in total. The molecule has 2 heterocycles. The lowest BCUT2D eigenvalue weighted by Gasteiger charge is -2.26. The molecule has 0 saturated carbocycles. The number of ether oxygens (including phenoxy) is 1. The summed E-state index contributed by atoms with van der Waals surface area (Å²) < 4.78 is 28.3. The molecule has 7 nitrogen and oxygen atoms in total. The minimum atomic E-state index is -3.99. The normalized spacial score (nSPS) is 16.6. The van der Waals surface area contributed by atoms with Gasteiger partial charge in [0.25, 0.3) is 15.9 Å². The van der Waals surface area contributed by atoms with Crippen molar-refractivity contribution in [3.05, 3.63) is 15.4 Å². The number of sulfonamides is 1. The zero-order valence-electron chi connectivity index (χ0n) is 9.63. The van der Waals surface area contributed by atoms with Crippen LogP contribution < -0.4 is 4.89 Å². The van der Waals surface area contributed by atoms with Gasteiger partial charge in [0, 0.05) is 17.6 Å². The SMILES string of the molecule is O=C(c1cc(Br)c(S(=O)(=O)NO)s1)N1CCOCC1.